The van der Waals surface area contributed by atoms with E-state index in [1.807, 2.05) is 38.1 Å². The fourth-order valence-corrected chi connectivity index (χ4v) is 3.87. The van der Waals surface area contributed by atoms with Gasteiger partial charge in [-0.05, 0) is 73.5 Å². The van der Waals surface area contributed by atoms with E-state index in [0.717, 1.165) is 11.1 Å². The van der Waals surface area contributed by atoms with Crippen molar-refractivity contribution < 1.29 is 17.9 Å². The van der Waals surface area contributed by atoms with Crippen LogP contribution in [0.2, 0.25) is 0 Å². The Bertz CT molecular complexity index is 1080. The van der Waals surface area contributed by atoms with Gasteiger partial charge in [0.05, 0.1) is 4.90 Å². The minimum absolute atomic E-state index is 0.109. The summed E-state index contributed by atoms with van der Waals surface area (Å²) >= 11 is 0. The highest BCUT2D eigenvalue weighted by Gasteiger charge is 2.15. The van der Waals surface area contributed by atoms with Gasteiger partial charge in [0, 0.05) is 11.4 Å². The summed E-state index contributed by atoms with van der Waals surface area (Å²) in [6, 6.07) is 20.5. The van der Waals surface area contributed by atoms with Crippen molar-refractivity contribution >= 4 is 27.3 Å². The zero-order chi connectivity index (χ0) is 20.9. The number of para-hydroxylation sites is 1. The van der Waals surface area contributed by atoms with E-state index in [1.54, 1.807) is 24.3 Å². The molecule has 0 aromatic heterocycles. The van der Waals surface area contributed by atoms with Crippen LogP contribution in [0.1, 0.15) is 11.1 Å². The Morgan fingerprint density at radius 3 is 2.10 bits per heavy atom. The Morgan fingerprint density at radius 2 is 1.48 bits per heavy atom. The van der Waals surface area contributed by atoms with Crippen LogP contribution < -0.4 is 14.8 Å². The largest absolute Gasteiger partial charge is 0.484 e. The zero-order valence-electron chi connectivity index (χ0n) is 16.2. The van der Waals surface area contributed by atoms with Crippen LogP contribution >= 0.6 is 0 Å². The third-order valence-corrected chi connectivity index (χ3v) is 5.43. The fourth-order valence-electron chi connectivity index (χ4n) is 2.83. The first-order chi connectivity index (χ1) is 13.8. The molecule has 3 aromatic carbocycles. The third kappa shape index (κ3) is 5.83. The van der Waals surface area contributed by atoms with Crippen LogP contribution in [-0.4, -0.2) is 20.9 Å². The summed E-state index contributed by atoms with van der Waals surface area (Å²) in [5.41, 5.74) is 3.14. The molecule has 0 bridgehead atoms. The van der Waals surface area contributed by atoms with E-state index in [4.69, 9.17) is 4.74 Å². The number of carbonyl (C=O) groups is 1. The lowest BCUT2D eigenvalue weighted by Crippen LogP contribution is -2.20. The molecular formula is C22H22N2O4S. The Balaban J connectivity index is 1.60. The van der Waals surface area contributed by atoms with E-state index in [0.29, 0.717) is 17.1 Å². The number of carbonyl (C=O) groups excluding carboxylic acids is 1. The van der Waals surface area contributed by atoms with Crippen LogP contribution in [0.3, 0.4) is 0 Å². The highest BCUT2D eigenvalue weighted by molar-refractivity contribution is 7.92. The first kappa shape index (κ1) is 20.4. The standard InChI is InChI=1S/C22H22N2O4S/c1-16-12-17(2)14-19(13-16)24-29(26,27)21-10-8-20(9-11-21)28-15-22(25)23-18-6-4-3-5-7-18/h3-14,24H,15H2,1-2H3,(H,23,25). The number of aryl methyl sites for hydroxylation is 2. The molecule has 0 unspecified atom stereocenters. The summed E-state index contributed by atoms with van der Waals surface area (Å²) < 4.78 is 33.2. The summed E-state index contributed by atoms with van der Waals surface area (Å²) in [6.45, 7) is 3.64. The number of anilines is 2. The minimum Gasteiger partial charge on any atom is -0.484 e. The lowest BCUT2D eigenvalue weighted by molar-refractivity contribution is -0.118. The molecule has 29 heavy (non-hydrogen) atoms. The molecule has 6 nitrogen and oxygen atoms in total. The first-order valence-corrected chi connectivity index (χ1v) is 10.5. The number of sulfonamides is 1. The van der Waals surface area contributed by atoms with Crippen molar-refractivity contribution in [3.05, 3.63) is 83.9 Å². The Hall–Kier alpha value is -3.32. The molecule has 0 saturated carbocycles. The quantitative estimate of drug-likeness (QED) is 0.614. The maximum Gasteiger partial charge on any atom is 0.262 e. The van der Waals surface area contributed by atoms with E-state index in [9.17, 15) is 13.2 Å². The van der Waals surface area contributed by atoms with E-state index < -0.39 is 10.0 Å². The van der Waals surface area contributed by atoms with Crippen LogP contribution in [0.15, 0.2) is 77.7 Å². The molecule has 0 radical (unpaired) electrons. The topological polar surface area (TPSA) is 84.5 Å². The SMILES string of the molecule is Cc1cc(C)cc(NS(=O)(=O)c2ccc(OCC(=O)Nc3ccccc3)cc2)c1. The lowest BCUT2D eigenvalue weighted by atomic mass is 10.1. The van der Waals surface area contributed by atoms with Crippen LogP contribution in [0.5, 0.6) is 5.75 Å². The second-order valence-electron chi connectivity index (χ2n) is 6.66. The zero-order valence-corrected chi connectivity index (χ0v) is 17.0. The van der Waals surface area contributed by atoms with Crippen molar-refractivity contribution in [2.45, 2.75) is 18.7 Å². The summed E-state index contributed by atoms with van der Waals surface area (Å²) in [5.74, 6) is 0.0999. The van der Waals surface area contributed by atoms with E-state index in [-0.39, 0.29) is 17.4 Å². The molecule has 0 spiro atoms. The van der Waals surface area contributed by atoms with Crippen LogP contribution in [0.4, 0.5) is 11.4 Å². The minimum atomic E-state index is -3.72. The average Bonchev–Trinajstić information content (AvgIpc) is 2.66. The molecule has 0 aliphatic heterocycles. The van der Waals surface area contributed by atoms with Crippen molar-refractivity contribution in [3.8, 4) is 5.75 Å². The summed E-state index contributed by atoms with van der Waals surface area (Å²) in [6.07, 6.45) is 0. The second kappa shape index (κ2) is 8.79. The number of rotatable bonds is 7. The van der Waals surface area contributed by atoms with Gasteiger partial charge in [-0.15, -0.1) is 0 Å². The summed E-state index contributed by atoms with van der Waals surface area (Å²) in [5, 5.41) is 2.71. The molecule has 0 aliphatic carbocycles. The molecule has 3 rings (SSSR count). The van der Waals surface area contributed by atoms with Crippen LogP contribution in [-0.2, 0) is 14.8 Å². The summed E-state index contributed by atoms with van der Waals surface area (Å²) in [4.78, 5) is 12.0. The molecule has 3 aromatic rings. The molecule has 0 heterocycles. The number of benzene rings is 3. The molecule has 0 aliphatic rings. The van der Waals surface area contributed by atoms with Gasteiger partial charge in [0.25, 0.3) is 15.9 Å². The number of hydrogen-bond acceptors (Lipinski definition) is 4. The van der Waals surface area contributed by atoms with Gasteiger partial charge in [-0.25, -0.2) is 8.42 Å². The molecular weight excluding hydrogens is 388 g/mol. The lowest BCUT2D eigenvalue weighted by Gasteiger charge is -2.11. The Kier molecular flexibility index (Phi) is 6.19. The third-order valence-electron chi connectivity index (χ3n) is 4.04. The average molecular weight is 410 g/mol. The summed E-state index contributed by atoms with van der Waals surface area (Å²) in [7, 11) is -3.72. The van der Waals surface area contributed by atoms with E-state index in [1.165, 1.54) is 24.3 Å². The van der Waals surface area contributed by atoms with Gasteiger partial charge in [-0.1, -0.05) is 24.3 Å². The van der Waals surface area contributed by atoms with E-state index >= 15 is 0 Å². The normalized spacial score (nSPS) is 11.0. The van der Waals surface area contributed by atoms with Gasteiger partial charge in [0.1, 0.15) is 5.75 Å². The first-order valence-electron chi connectivity index (χ1n) is 9.01. The van der Waals surface area contributed by atoms with Crippen molar-refractivity contribution in [1.82, 2.24) is 0 Å². The molecule has 1 amide bonds. The number of amides is 1. The van der Waals surface area contributed by atoms with Gasteiger partial charge < -0.3 is 10.1 Å². The molecule has 7 heteroatoms. The molecule has 2 N–H and O–H groups in total. The van der Waals surface area contributed by atoms with Gasteiger partial charge in [-0.3, -0.25) is 9.52 Å². The highest BCUT2D eigenvalue weighted by atomic mass is 32.2. The van der Waals surface area contributed by atoms with E-state index in [2.05, 4.69) is 10.0 Å². The molecule has 0 atom stereocenters. The van der Waals surface area contributed by atoms with Gasteiger partial charge >= 0.3 is 0 Å². The number of ether oxygens (including phenoxy) is 1. The smallest absolute Gasteiger partial charge is 0.262 e. The van der Waals surface area contributed by atoms with Crippen molar-refractivity contribution in [1.29, 1.82) is 0 Å². The van der Waals surface area contributed by atoms with Gasteiger partial charge in [0.15, 0.2) is 6.61 Å². The predicted molar refractivity (Wildman–Crippen MR) is 114 cm³/mol. The Labute approximate surface area is 170 Å². The second-order valence-corrected chi connectivity index (χ2v) is 8.34. The predicted octanol–water partition coefficient (Wildman–Crippen LogP) is 4.12. The molecule has 150 valence electrons. The van der Waals surface area contributed by atoms with Crippen molar-refractivity contribution in [3.63, 3.8) is 0 Å². The van der Waals surface area contributed by atoms with Crippen molar-refractivity contribution in [2.75, 3.05) is 16.6 Å². The maximum absolute atomic E-state index is 12.6. The van der Waals surface area contributed by atoms with Crippen LogP contribution in [0.25, 0.3) is 0 Å². The number of nitrogens with one attached hydrogen (secondary N) is 2. The number of hydrogen-bond donors (Lipinski definition) is 2. The highest BCUT2D eigenvalue weighted by Crippen LogP contribution is 2.21. The van der Waals surface area contributed by atoms with Crippen LogP contribution in [0, 0.1) is 13.8 Å². The fraction of sp³-hybridized carbons (Fsp3) is 0.136. The Morgan fingerprint density at radius 1 is 0.862 bits per heavy atom. The maximum atomic E-state index is 12.6. The molecule has 0 fully saturated rings. The van der Waals surface area contributed by atoms with Gasteiger partial charge in [-0.2, -0.15) is 0 Å². The monoisotopic (exact) mass is 410 g/mol. The van der Waals surface area contributed by atoms with Gasteiger partial charge in [0.2, 0.25) is 0 Å². The van der Waals surface area contributed by atoms with Crippen molar-refractivity contribution in [2.24, 2.45) is 0 Å². The molecule has 0 saturated heterocycles.